The standard InChI is InChI=1S/C17H32N2/c1-3-4-5-6-7-16-8-14-19(15-9-16)17-10-12-18(2)13-11-17/h6-7,16-17H,3-5,8-15H2,1-2H3/b7-6+. The Bertz CT molecular complexity index is 258. The maximum absolute atomic E-state index is 2.77. The summed E-state index contributed by atoms with van der Waals surface area (Å²) in [7, 11) is 2.25. The van der Waals surface area contributed by atoms with Gasteiger partial charge in [0.25, 0.3) is 0 Å². The number of piperidine rings is 2. The zero-order chi connectivity index (χ0) is 13.5. The van der Waals surface area contributed by atoms with Crippen LogP contribution in [0.4, 0.5) is 0 Å². The highest BCUT2D eigenvalue weighted by Crippen LogP contribution is 2.24. The molecule has 0 amide bonds. The van der Waals surface area contributed by atoms with Gasteiger partial charge in [0.05, 0.1) is 0 Å². The quantitative estimate of drug-likeness (QED) is 0.553. The second-order valence-corrected chi connectivity index (χ2v) is 6.48. The summed E-state index contributed by atoms with van der Waals surface area (Å²) in [6.07, 6.45) is 14.4. The fraction of sp³-hybridized carbons (Fsp3) is 0.882. The van der Waals surface area contributed by atoms with Crippen LogP contribution < -0.4 is 0 Å². The molecule has 2 nitrogen and oxygen atoms in total. The fourth-order valence-corrected chi connectivity index (χ4v) is 3.45. The van der Waals surface area contributed by atoms with Gasteiger partial charge >= 0.3 is 0 Å². The summed E-state index contributed by atoms with van der Waals surface area (Å²) in [5.41, 5.74) is 0. The summed E-state index contributed by atoms with van der Waals surface area (Å²) >= 11 is 0. The van der Waals surface area contributed by atoms with Gasteiger partial charge in [0.15, 0.2) is 0 Å². The molecular weight excluding hydrogens is 232 g/mol. The first-order valence-electron chi connectivity index (χ1n) is 8.39. The number of hydrogen-bond acceptors (Lipinski definition) is 2. The molecule has 0 spiro atoms. The van der Waals surface area contributed by atoms with E-state index in [1.807, 2.05) is 0 Å². The van der Waals surface area contributed by atoms with Crippen molar-refractivity contribution in [3.63, 3.8) is 0 Å². The molecule has 0 N–H and O–H groups in total. The van der Waals surface area contributed by atoms with E-state index in [-0.39, 0.29) is 0 Å². The highest BCUT2D eigenvalue weighted by molar-refractivity contribution is 4.92. The normalized spacial score (nSPS) is 25.4. The topological polar surface area (TPSA) is 6.48 Å². The molecule has 0 aromatic rings. The molecule has 0 bridgehead atoms. The lowest BCUT2D eigenvalue weighted by Gasteiger charge is -2.40. The van der Waals surface area contributed by atoms with E-state index in [4.69, 9.17) is 0 Å². The van der Waals surface area contributed by atoms with Crippen LogP contribution in [0, 0.1) is 5.92 Å². The van der Waals surface area contributed by atoms with Crippen molar-refractivity contribution in [2.24, 2.45) is 5.92 Å². The first-order valence-corrected chi connectivity index (χ1v) is 8.39. The summed E-state index contributed by atoms with van der Waals surface area (Å²) in [5, 5.41) is 0. The van der Waals surface area contributed by atoms with Crippen LogP contribution >= 0.6 is 0 Å². The molecule has 0 aromatic carbocycles. The van der Waals surface area contributed by atoms with Gasteiger partial charge in [-0.1, -0.05) is 31.9 Å². The molecule has 2 saturated heterocycles. The Hall–Kier alpha value is -0.340. The van der Waals surface area contributed by atoms with E-state index in [1.165, 1.54) is 71.1 Å². The van der Waals surface area contributed by atoms with E-state index < -0.39 is 0 Å². The number of hydrogen-bond donors (Lipinski definition) is 0. The summed E-state index contributed by atoms with van der Waals surface area (Å²) in [6.45, 7) is 7.52. The third-order valence-electron chi connectivity index (χ3n) is 4.91. The van der Waals surface area contributed by atoms with Crippen LogP contribution in [0.25, 0.3) is 0 Å². The minimum atomic E-state index is 0.861. The van der Waals surface area contributed by atoms with Gasteiger partial charge in [0.1, 0.15) is 0 Å². The zero-order valence-electron chi connectivity index (χ0n) is 13.0. The van der Waals surface area contributed by atoms with Gasteiger partial charge in [0, 0.05) is 6.04 Å². The van der Waals surface area contributed by atoms with Crippen LogP contribution in [0.15, 0.2) is 12.2 Å². The van der Waals surface area contributed by atoms with Crippen LogP contribution in [0.2, 0.25) is 0 Å². The van der Waals surface area contributed by atoms with Gasteiger partial charge in [0.2, 0.25) is 0 Å². The van der Waals surface area contributed by atoms with Crippen molar-refractivity contribution in [3.8, 4) is 0 Å². The molecule has 0 aromatic heterocycles. The number of likely N-dealkylation sites (tertiary alicyclic amines) is 2. The minimum Gasteiger partial charge on any atom is -0.306 e. The molecule has 0 unspecified atom stereocenters. The maximum atomic E-state index is 2.77. The summed E-state index contributed by atoms with van der Waals surface area (Å²) in [6, 6.07) is 0.876. The van der Waals surface area contributed by atoms with Crippen LogP contribution in [-0.2, 0) is 0 Å². The zero-order valence-corrected chi connectivity index (χ0v) is 13.0. The summed E-state index contributed by atoms with van der Waals surface area (Å²) in [5.74, 6) is 0.861. The van der Waals surface area contributed by atoms with E-state index in [0.29, 0.717) is 0 Å². The monoisotopic (exact) mass is 264 g/mol. The number of rotatable bonds is 5. The number of allylic oxidation sites excluding steroid dienone is 2. The largest absolute Gasteiger partial charge is 0.306 e. The molecule has 0 aliphatic carbocycles. The SMILES string of the molecule is CCCC/C=C/C1CCN(C2CCN(C)CC2)CC1. The van der Waals surface area contributed by atoms with E-state index in [1.54, 1.807) is 0 Å². The second-order valence-electron chi connectivity index (χ2n) is 6.48. The van der Waals surface area contributed by atoms with Crippen LogP contribution in [0.5, 0.6) is 0 Å². The number of nitrogens with zero attached hydrogens (tertiary/aromatic N) is 2. The molecule has 110 valence electrons. The van der Waals surface area contributed by atoms with Gasteiger partial charge in [-0.2, -0.15) is 0 Å². The van der Waals surface area contributed by atoms with Crippen LogP contribution in [0.1, 0.15) is 51.9 Å². The Morgan fingerprint density at radius 2 is 1.68 bits per heavy atom. The molecule has 2 aliphatic rings. The Balaban J connectivity index is 1.66. The molecule has 2 heterocycles. The molecular formula is C17H32N2. The van der Waals surface area contributed by atoms with Crippen molar-refractivity contribution >= 4 is 0 Å². The highest BCUT2D eigenvalue weighted by atomic mass is 15.2. The predicted octanol–water partition coefficient (Wildman–Crippen LogP) is 3.54. The van der Waals surface area contributed by atoms with Crippen LogP contribution in [-0.4, -0.2) is 49.1 Å². The van der Waals surface area contributed by atoms with E-state index in [0.717, 1.165) is 12.0 Å². The minimum absolute atomic E-state index is 0.861. The second kappa shape index (κ2) is 8.06. The molecule has 19 heavy (non-hydrogen) atoms. The molecule has 0 atom stereocenters. The molecule has 0 saturated carbocycles. The van der Waals surface area contributed by atoms with E-state index in [2.05, 4.69) is 35.9 Å². The molecule has 2 heteroatoms. The van der Waals surface area contributed by atoms with Crippen molar-refractivity contribution in [1.29, 1.82) is 0 Å². The van der Waals surface area contributed by atoms with Gasteiger partial charge in [-0.3, -0.25) is 0 Å². The smallest absolute Gasteiger partial charge is 0.0120 e. The maximum Gasteiger partial charge on any atom is 0.0120 e. The lowest BCUT2D eigenvalue weighted by molar-refractivity contribution is 0.0928. The molecule has 2 aliphatic heterocycles. The third-order valence-corrected chi connectivity index (χ3v) is 4.91. The molecule has 2 rings (SSSR count). The Labute approximate surface area is 119 Å². The number of unbranched alkanes of at least 4 members (excludes halogenated alkanes) is 2. The Morgan fingerprint density at radius 3 is 2.32 bits per heavy atom. The first-order chi connectivity index (χ1) is 9.29. The van der Waals surface area contributed by atoms with Gasteiger partial charge < -0.3 is 9.80 Å². The Kier molecular flexibility index (Phi) is 6.39. The van der Waals surface area contributed by atoms with E-state index >= 15 is 0 Å². The third kappa shape index (κ3) is 4.92. The van der Waals surface area contributed by atoms with Gasteiger partial charge in [-0.05, 0) is 71.2 Å². The van der Waals surface area contributed by atoms with Crippen molar-refractivity contribution in [2.45, 2.75) is 57.9 Å². The fourth-order valence-electron chi connectivity index (χ4n) is 3.45. The van der Waals surface area contributed by atoms with Crippen molar-refractivity contribution in [3.05, 3.63) is 12.2 Å². The average Bonchev–Trinajstić information content (AvgIpc) is 2.45. The first kappa shape index (κ1) is 15.1. The summed E-state index contributed by atoms with van der Waals surface area (Å²) in [4.78, 5) is 5.24. The van der Waals surface area contributed by atoms with Crippen molar-refractivity contribution in [1.82, 2.24) is 9.80 Å². The van der Waals surface area contributed by atoms with Gasteiger partial charge in [-0.25, -0.2) is 0 Å². The average molecular weight is 264 g/mol. The highest BCUT2D eigenvalue weighted by Gasteiger charge is 2.26. The van der Waals surface area contributed by atoms with Crippen molar-refractivity contribution < 1.29 is 0 Å². The predicted molar refractivity (Wildman–Crippen MR) is 83.5 cm³/mol. The summed E-state index contributed by atoms with van der Waals surface area (Å²) < 4.78 is 0. The van der Waals surface area contributed by atoms with E-state index in [9.17, 15) is 0 Å². The van der Waals surface area contributed by atoms with Crippen LogP contribution in [0.3, 0.4) is 0 Å². The molecule has 2 fully saturated rings. The lowest BCUT2D eigenvalue weighted by Crippen LogP contribution is -2.46. The molecule has 0 radical (unpaired) electrons. The lowest BCUT2D eigenvalue weighted by atomic mass is 9.93. The van der Waals surface area contributed by atoms with Gasteiger partial charge in [-0.15, -0.1) is 0 Å². The Morgan fingerprint density at radius 1 is 1.00 bits per heavy atom. The van der Waals surface area contributed by atoms with Crippen molar-refractivity contribution in [2.75, 3.05) is 33.2 Å².